The summed E-state index contributed by atoms with van der Waals surface area (Å²) in [6, 6.07) is -4.78. The van der Waals surface area contributed by atoms with Gasteiger partial charge in [0.05, 0.1) is 12.5 Å². The molecule has 0 aliphatic carbocycles. The Hall–Kier alpha value is -2.42. The topological polar surface area (TPSA) is 240 Å². The Bertz CT molecular complexity index is 667. The van der Waals surface area contributed by atoms with E-state index in [0.29, 0.717) is 45.2 Å². The maximum atomic E-state index is 12.7. The molecule has 190 valence electrons. The lowest BCUT2D eigenvalue weighted by Crippen LogP contribution is -2.57. The summed E-state index contributed by atoms with van der Waals surface area (Å²) in [5, 5.41) is 25.1. The van der Waals surface area contributed by atoms with E-state index in [-0.39, 0.29) is 12.2 Å². The first-order valence-electron chi connectivity index (χ1n) is 10.7. The highest BCUT2D eigenvalue weighted by molar-refractivity contribution is 7.80. The van der Waals surface area contributed by atoms with Gasteiger partial charge >= 0.3 is 11.9 Å². The summed E-state index contributed by atoms with van der Waals surface area (Å²) in [5.41, 5.74) is 16.7. The van der Waals surface area contributed by atoms with Crippen molar-refractivity contribution in [2.45, 2.75) is 69.1 Å². The van der Waals surface area contributed by atoms with E-state index in [4.69, 9.17) is 27.4 Å². The second-order valence-corrected chi connectivity index (χ2v) is 7.84. The Morgan fingerprint density at radius 3 is 1.70 bits per heavy atom. The van der Waals surface area contributed by atoms with E-state index in [1.807, 2.05) is 0 Å². The Kier molecular flexibility index (Phi) is 15.9. The molecule has 0 heterocycles. The molecule has 0 aliphatic heterocycles. The fraction of sp³-hybridized carbons (Fsp3) is 0.737. The molecule has 0 spiro atoms. The predicted molar refractivity (Wildman–Crippen MR) is 123 cm³/mol. The Labute approximate surface area is 198 Å². The average molecular weight is 493 g/mol. The highest BCUT2D eigenvalue weighted by atomic mass is 32.1. The molecule has 0 saturated heterocycles. The molecular weight excluding hydrogens is 456 g/mol. The lowest BCUT2D eigenvalue weighted by molar-refractivity contribution is -0.147. The van der Waals surface area contributed by atoms with Gasteiger partial charge in [-0.05, 0) is 45.2 Å². The minimum atomic E-state index is -1.67. The van der Waals surface area contributed by atoms with Crippen LogP contribution in [-0.4, -0.2) is 82.9 Å². The smallest absolute Gasteiger partial charge is 0.326 e. The largest absolute Gasteiger partial charge is 0.481 e. The molecule has 13 nitrogen and oxygen atoms in total. The van der Waals surface area contributed by atoms with Crippen molar-refractivity contribution in [3.05, 3.63) is 0 Å². The standard InChI is InChI=1S/C19H36N6O7S/c20-7-3-1-5-11(22)16(28)25-14(10-33)18(30)23-12(6-2-4-8-21)17(29)24-13(19(31)32)9-15(26)27/h11-14,33H,1-10,20-22H2,(H,23,30)(H,24,29)(H,25,28)(H,26,27)(H,31,32). The molecule has 0 aromatic heterocycles. The van der Waals surface area contributed by atoms with E-state index in [1.54, 1.807) is 0 Å². The fourth-order valence-electron chi connectivity index (χ4n) is 2.79. The Balaban J connectivity index is 5.21. The summed E-state index contributed by atoms with van der Waals surface area (Å²) in [7, 11) is 0. The maximum absolute atomic E-state index is 12.7. The summed E-state index contributed by atoms with van der Waals surface area (Å²) in [4.78, 5) is 59.7. The molecule has 0 fully saturated rings. The van der Waals surface area contributed by atoms with Crippen molar-refractivity contribution in [3.63, 3.8) is 0 Å². The highest BCUT2D eigenvalue weighted by Gasteiger charge is 2.30. The van der Waals surface area contributed by atoms with Gasteiger partial charge in [0.15, 0.2) is 0 Å². The average Bonchev–Trinajstić information content (AvgIpc) is 2.75. The minimum Gasteiger partial charge on any atom is -0.481 e. The van der Waals surface area contributed by atoms with Crippen molar-refractivity contribution < 1.29 is 34.2 Å². The molecule has 0 bridgehead atoms. The number of unbranched alkanes of at least 4 members (excludes halogenated alkanes) is 2. The van der Waals surface area contributed by atoms with Crippen LogP contribution in [0.2, 0.25) is 0 Å². The fourth-order valence-corrected chi connectivity index (χ4v) is 3.05. The number of thiol groups is 1. The van der Waals surface area contributed by atoms with Gasteiger partial charge in [-0.1, -0.05) is 6.42 Å². The zero-order chi connectivity index (χ0) is 25.4. The van der Waals surface area contributed by atoms with E-state index in [9.17, 15) is 24.0 Å². The number of nitrogens with two attached hydrogens (primary N) is 3. The van der Waals surface area contributed by atoms with Crippen LogP contribution >= 0.6 is 12.6 Å². The number of carboxylic acid groups (broad SMARTS) is 2. The van der Waals surface area contributed by atoms with Crippen LogP contribution in [0.15, 0.2) is 0 Å². The molecule has 14 heteroatoms. The van der Waals surface area contributed by atoms with Gasteiger partial charge < -0.3 is 43.4 Å². The molecular formula is C19H36N6O7S. The molecule has 0 saturated carbocycles. The summed E-state index contributed by atoms with van der Waals surface area (Å²) in [5.74, 6) is -5.16. The number of carboxylic acids is 2. The van der Waals surface area contributed by atoms with Crippen molar-refractivity contribution in [1.82, 2.24) is 16.0 Å². The van der Waals surface area contributed by atoms with Crippen molar-refractivity contribution in [1.29, 1.82) is 0 Å². The molecule has 0 aromatic carbocycles. The van der Waals surface area contributed by atoms with Crippen molar-refractivity contribution in [2.24, 2.45) is 17.2 Å². The summed E-state index contributed by atoms with van der Waals surface area (Å²) in [6.45, 7) is 0.815. The van der Waals surface area contributed by atoms with Crippen molar-refractivity contribution >= 4 is 42.3 Å². The first kappa shape index (κ1) is 30.6. The van der Waals surface area contributed by atoms with Crippen LogP contribution in [-0.2, 0) is 24.0 Å². The van der Waals surface area contributed by atoms with Crippen molar-refractivity contribution in [2.75, 3.05) is 18.8 Å². The molecule has 3 amide bonds. The van der Waals surface area contributed by atoms with E-state index in [2.05, 4.69) is 28.6 Å². The number of carbonyl (C=O) groups excluding carboxylic acids is 3. The lowest BCUT2D eigenvalue weighted by Gasteiger charge is -2.24. The number of hydrogen-bond donors (Lipinski definition) is 9. The number of hydrogen-bond acceptors (Lipinski definition) is 9. The summed E-state index contributed by atoms with van der Waals surface area (Å²) in [6.07, 6.45) is 2.01. The normalized spacial score (nSPS) is 14.4. The van der Waals surface area contributed by atoms with Crippen molar-refractivity contribution in [3.8, 4) is 0 Å². The number of rotatable bonds is 18. The van der Waals surface area contributed by atoms with Crippen LogP contribution in [0.3, 0.4) is 0 Å². The van der Waals surface area contributed by atoms with Gasteiger partial charge in [0, 0.05) is 5.75 Å². The monoisotopic (exact) mass is 492 g/mol. The molecule has 4 unspecified atom stereocenters. The third kappa shape index (κ3) is 13.0. The van der Waals surface area contributed by atoms with Crippen LogP contribution in [0.4, 0.5) is 0 Å². The van der Waals surface area contributed by atoms with Gasteiger partial charge in [0.25, 0.3) is 0 Å². The zero-order valence-electron chi connectivity index (χ0n) is 18.5. The van der Waals surface area contributed by atoms with Gasteiger partial charge in [0.2, 0.25) is 17.7 Å². The predicted octanol–water partition coefficient (Wildman–Crippen LogP) is -2.48. The molecule has 11 N–H and O–H groups in total. The molecule has 0 rings (SSSR count). The Morgan fingerprint density at radius 1 is 0.727 bits per heavy atom. The molecule has 4 atom stereocenters. The number of nitrogens with one attached hydrogen (secondary N) is 3. The first-order chi connectivity index (χ1) is 15.6. The quantitative estimate of drug-likeness (QED) is 0.0720. The third-order valence-corrected chi connectivity index (χ3v) is 5.06. The second kappa shape index (κ2) is 17.1. The van der Waals surface area contributed by atoms with Crippen LogP contribution in [0.25, 0.3) is 0 Å². The first-order valence-corrected chi connectivity index (χ1v) is 11.3. The molecule has 0 aliphatic rings. The Morgan fingerprint density at radius 2 is 1.21 bits per heavy atom. The molecule has 0 aromatic rings. The third-order valence-electron chi connectivity index (χ3n) is 4.69. The SMILES string of the molecule is NCCCCC(N)C(=O)NC(CS)C(=O)NC(CCCCN)C(=O)NC(CC(=O)O)C(=O)O. The van der Waals surface area contributed by atoms with Gasteiger partial charge in [-0.25, -0.2) is 4.79 Å². The highest BCUT2D eigenvalue weighted by Crippen LogP contribution is 2.05. The number of amides is 3. The van der Waals surface area contributed by atoms with E-state index >= 15 is 0 Å². The van der Waals surface area contributed by atoms with Gasteiger partial charge in [-0.3, -0.25) is 19.2 Å². The lowest BCUT2D eigenvalue weighted by atomic mass is 10.1. The van der Waals surface area contributed by atoms with E-state index in [0.717, 1.165) is 0 Å². The number of carbonyl (C=O) groups is 5. The van der Waals surface area contributed by atoms with Crippen LogP contribution in [0.5, 0.6) is 0 Å². The van der Waals surface area contributed by atoms with Crippen LogP contribution in [0, 0.1) is 0 Å². The van der Waals surface area contributed by atoms with E-state index < -0.39 is 60.2 Å². The number of aliphatic carboxylic acids is 2. The maximum Gasteiger partial charge on any atom is 0.326 e. The minimum absolute atomic E-state index is 0.0823. The summed E-state index contributed by atoms with van der Waals surface area (Å²) < 4.78 is 0. The van der Waals surface area contributed by atoms with Crippen LogP contribution < -0.4 is 33.2 Å². The molecule has 33 heavy (non-hydrogen) atoms. The van der Waals surface area contributed by atoms with Crippen LogP contribution in [0.1, 0.15) is 44.9 Å². The van der Waals surface area contributed by atoms with E-state index in [1.165, 1.54) is 0 Å². The zero-order valence-corrected chi connectivity index (χ0v) is 19.4. The summed E-state index contributed by atoms with van der Waals surface area (Å²) >= 11 is 4.07. The second-order valence-electron chi connectivity index (χ2n) is 7.48. The van der Waals surface area contributed by atoms with Gasteiger partial charge in [-0.2, -0.15) is 12.6 Å². The van der Waals surface area contributed by atoms with Gasteiger partial charge in [-0.15, -0.1) is 0 Å². The molecule has 0 radical (unpaired) electrons. The van der Waals surface area contributed by atoms with Gasteiger partial charge in [0.1, 0.15) is 18.1 Å².